The number of nitrogens with one attached hydrogen (secondary N) is 1. The van der Waals surface area contributed by atoms with Crippen molar-refractivity contribution >= 4 is 17.1 Å². The quantitative estimate of drug-likeness (QED) is 0.262. The first-order valence-corrected chi connectivity index (χ1v) is 12.4. The van der Waals surface area contributed by atoms with Crippen LogP contribution in [-0.2, 0) is 5.54 Å². The fourth-order valence-electron chi connectivity index (χ4n) is 5.24. The van der Waals surface area contributed by atoms with E-state index in [4.69, 9.17) is 9.72 Å². The summed E-state index contributed by atoms with van der Waals surface area (Å²) >= 11 is 0. The third-order valence-corrected chi connectivity index (χ3v) is 7.21. The molecule has 1 saturated heterocycles. The van der Waals surface area contributed by atoms with Gasteiger partial charge in [0.2, 0.25) is 0 Å². The molecule has 1 amide bonds. The zero-order valence-electron chi connectivity index (χ0n) is 20.7. The molecule has 1 aliphatic rings. The molecule has 2 aromatic heterocycles. The van der Waals surface area contributed by atoms with E-state index in [1.165, 1.54) is 11.0 Å². The minimum atomic E-state index is -0.968. The molecule has 3 heterocycles. The van der Waals surface area contributed by atoms with Crippen LogP contribution in [0.15, 0.2) is 85.1 Å². The molecule has 2 N–H and O–H groups in total. The maximum Gasteiger partial charge on any atom is 0.408 e. The number of imidazole rings is 1. The van der Waals surface area contributed by atoms with Crippen LogP contribution < -0.4 is 4.74 Å². The molecular formula is C30H25FN4O3. The summed E-state index contributed by atoms with van der Waals surface area (Å²) in [5, 5.41) is 9.94. The Bertz CT molecular complexity index is 1640. The molecule has 1 atom stereocenters. The number of aromatic nitrogens is 3. The molecule has 6 rings (SSSR count). The van der Waals surface area contributed by atoms with Crippen LogP contribution in [0.3, 0.4) is 0 Å². The van der Waals surface area contributed by atoms with Gasteiger partial charge >= 0.3 is 6.09 Å². The number of carboxylic acid groups (broad SMARTS) is 1. The lowest BCUT2D eigenvalue weighted by Crippen LogP contribution is -2.42. The molecule has 0 bridgehead atoms. The van der Waals surface area contributed by atoms with Gasteiger partial charge in [0.25, 0.3) is 0 Å². The van der Waals surface area contributed by atoms with Gasteiger partial charge in [0.1, 0.15) is 23.0 Å². The molecule has 0 radical (unpaired) electrons. The van der Waals surface area contributed by atoms with Crippen LogP contribution in [0.25, 0.3) is 33.7 Å². The Morgan fingerprint density at radius 1 is 1.08 bits per heavy atom. The average molecular weight is 509 g/mol. The highest BCUT2D eigenvalue weighted by atomic mass is 19.1. The molecule has 0 saturated carbocycles. The van der Waals surface area contributed by atoms with Gasteiger partial charge in [-0.05, 0) is 61.7 Å². The molecule has 1 fully saturated rings. The number of carbonyl (C=O) groups is 1. The highest BCUT2D eigenvalue weighted by Gasteiger charge is 2.43. The predicted octanol–water partition coefficient (Wildman–Crippen LogP) is 7.21. The van der Waals surface area contributed by atoms with Gasteiger partial charge in [-0.1, -0.05) is 36.4 Å². The second kappa shape index (κ2) is 9.30. The SMILES string of the molecule is CC1(c2cc3[nH]c(-c4ccccn4)nc3cc2Oc2ccc(-c3ccccc3F)cc2)CCCN1C(=O)O. The number of nitrogens with zero attached hydrogens (tertiary/aromatic N) is 3. The molecule has 7 nitrogen and oxygen atoms in total. The Hall–Kier alpha value is -4.72. The Morgan fingerprint density at radius 3 is 2.61 bits per heavy atom. The van der Waals surface area contributed by atoms with E-state index in [1.807, 2.05) is 37.3 Å². The molecule has 1 aliphatic heterocycles. The van der Waals surface area contributed by atoms with E-state index in [2.05, 4.69) is 9.97 Å². The van der Waals surface area contributed by atoms with Gasteiger partial charge in [0.15, 0.2) is 5.82 Å². The zero-order chi connectivity index (χ0) is 26.3. The van der Waals surface area contributed by atoms with Gasteiger partial charge in [-0.2, -0.15) is 0 Å². The number of rotatable bonds is 5. The first kappa shape index (κ1) is 23.7. The van der Waals surface area contributed by atoms with Crippen molar-refractivity contribution in [1.29, 1.82) is 0 Å². The first-order chi connectivity index (χ1) is 18.4. The molecule has 8 heteroatoms. The fourth-order valence-corrected chi connectivity index (χ4v) is 5.24. The van der Waals surface area contributed by atoms with Crippen LogP contribution in [0.4, 0.5) is 9.18 Å². The van der Waals surface area contributed by atoms with Gasteiger partial charge in [-0.15, -0.1) is 0 Å². The van der Waals surface area contributed by atoms with Crippen LogP contribution in [0.2, 0.25) is 0 Å². The minimum Gasteiger partial charge on any atom is -0.465 e. The molecule has 38 heavy (non-hydrogen) atoms. The Labute approximate surface area is 218 Å². The monoisotopic (exact) mass is 508 g/mol. The second-order valence-electron chi connectivity index (χ2n) is 9.58. The van der Waals surface area contributed by atoms with Crippen LogP contribution in [0, 0.1) is 5.82 Å². The third kappa shape index (κ3) is 4.14. The van der Waals surface area contributed by atoms with Crippen LogP contribution in [-0.4, -0.2) is 37.6 Å². The zero-order valence-corrected chi connectivity index (χ0v) is 20.7. The molecule has 3 aromatic carbocycles. The fraction of sp³-hybridized carbons (Fsp3) is 0.167. The number of fused-ring (bicyclic) bond motifs is 1. The smallest absolute Gasteiger partial charge is 0.408 e. The summed E-state index contributed by atoms with van der Waals surface area (Å²) in [6.45, 7) is 2.38. The number of likely N-dealkylation sites (tertiary alicyclic amines) is 1. The number of hydrogen-bond donors (Lipinski definition) is 2. The summed E-state index contributed by atoms with van der Waals surface area (Å²) in [5.74, 6) is 1.39. The normalized spacial score (nSPS) is 17.2. The second-order valence-corrected chi connectivity index (χ2v) is 9.58. The Balaban J connectivity index is 1.43. The molecule has 0 aliphatic carbocycles. The van der Waals surface area contributed by atoms with Crippen molar-refractivity contribution in [1.82, 2.24) is 19.9 Å². The lowest BCUT2D eigenvalue weighted by Gasteiger charge is -2.34. The van der Waals surface area contributed by atoms with E-state index in [-0.39, 0.29) is 5.82 Å². The summed E-state index contributed by atoms with van der Waals surface area (Å²) in [6, 6.07) is 23.2. The summed E-state index contributed by atoms with van der Waals surface area (Å²) in [7, 11) is 0. The maximum atomic E-state index is 14.3. The van der Waals surface area contributed by atoms with E-state index in [1.54, 1.807) is 48.7 Å². The van der Waals surface area contributed by atoms with Crippen molar-refractivity contribution in [2.45, 2.75) is 25.3 Å². The number of ether oxygens (including phenoxy) is 1. The number of halogens is 1. The van der Waals surface area contributed by atoms with E-state index in [0.717, 1.165) is 23.1 Å². The molecule has 0 spiro atoms. The summed E-state index contributed by atoms with van der Waals surface area (Å²) < 4.78 is 20.6. The van der Waals surface area contributed by atoms with E-state index in [9.17, 15) is 14.3 Å². The van der Waals surface area contributed by atoms with Crippen molar-refractivity contribution < 1.29 is 19.0 Å². The van der Waals surface area contributed by atoms with Crippen LogP contribution in [0.5, 0.6) is 11.5 Å². The van der Waals surface area contributed by atoms with Crippen LogP contribution in [0.1, 0.15) is 25.3 Å². The number of hydrogen-bond acceptors (Lipinski definition) is 4. The molecule has 1 unspecified atom stereocenters. The molecular weight excluding hydrogens is 483 g/mol. The van der Waals surface area contributed by atoms with Gasteiger partial charge in [-0.25, -0.2) is 14.2 Å². The average Bonchev–Trinajstić information content (AvgIpc) is 3.53. The van der Waals surface area contributed by atoms with Gasteiger partial charge < -0.3 is 14.8 Å². The highest BCUT2D eigenvalue weighted by molar-refractivity contribution is 5.82. The number of amides is 1. The lowest BCUT2D eigenvalue weighted by molar-refractivity contribution is 0.108. The number of aromatic amines is 1. The summed E-state index contributed by atoms with van der Waals surface area (Å²) in [5.41, 5.74) is 3.36. The third-order valence-electron chi connectivity index (χ3n) is 7.21. The van der Waals surface area contributed by atoms with Crippen molar-refractivity contribution in [2.75, 3.05) is 6.54 Å². The number of pyridine rings is 1. The van der Waals surface area contributed by atoms with E-state index in [0.29, 0.717) is 47.1 Å². The van der Waals surface area contributed by atoms with Gasteiger partial charge in [-0.3, -0.25) is 9.88 Å². The lowest BCUT2D eigenvalue weighted by atomic mass is 9.88. The van der Waals surface area contributed by atoms with Crippen molar-refractivity contribution in [3.8, 4) is 34.1 Å². The molecule has 190 valence electrons. The predicted molar refractivity (Wildman–Crippen MR) is 143 cm³/mol. The van der Waals surface area contributed by atoms with Crippen molar-refractivity contribution in [3.05, 3.63) is 96.4 Å². The summed E-state index contributed by atoms with van der Waals surface area (Å²) in [4.78, 5) is 26.0. The van der Waals surface area contributed by atoms with Crippen molar-refractivity contribution in [3.63, 3.8) is 0 Å². The minimum absolute atomic E-state index is 0.293. The highest BCUT2D eigenvalue weighted by Crippen LogP contribution is 2.45. The van der Waals surface area contributed by atoms with Gasteiger partial charge in [0, 0.05) is 29.9 Å². The number of H-pyrrole nitrogens is 1. The Morgan fingerprint density at radius 2 is 1.87 bits per heavy atom. The molecule has 5 aromatic rings. The van der Waals surface area contributed by atoms with Crippen LogP contribution >= 0.6 is 0 Å². The summed E-state index contributed by atoms with van der Waals surface area (Å²) in [6.07, 6.45) is 2.15. The van der Waals surface area contributed by atoms with E-state index >= 15 is 0 Å². The van der Waals surface area contributed by atoms with E-state index < -0.39 is 11.6 Å². The standard InChI is InChI=1S/C30H25FN4O3/c1-30(14-6-16-35(30)29(36)37)22-17-25-26(34-28(33-25)24-9-4-5-15-32-24)18-27(22)38-20-12-10-19(11-13-20)21-7-2-3-8-23(21)31/h2-5,7-13,15,17-18H,6,14,16H2,1H3,(H,33,34)(H,36,37). The maximum absolute atomic E-state index is 14.3. The number of benzene rings is 3. The Kier molecular flexibility index (Phi) is 5.79. The topological polar surface area (TPSA) is 91.3 Å². The van der Waals surface area contributed by atoms with Gasteiger partial charge in [0.05, 0.1) is 16.6 Å². The largest absolute Gasteiger partial charge is 0.465 e. The first-order valence-electron chi connectivity index (χ1n) is 12.4. The van der Waals surface area contributed by atoms with Crippen molar-refractivity contribution in [2.24, 2.45) is 0 Å².